The van der Waals surface area contributed by atoms with Gasteiger partial charge >= 0.3 is 0 Å². The summed E-state index contributed by atoms with van der Waals surface area (Å²) in [5.41, 5.74) is 5.35. The van der Waals surface area contributed by atoms with Gasteiger partial charge in [0.15, 0.2) is 0 Å². The molecule has 3 rings (SSSR count). The predicted octanol–water partition coefficient (Wildman–Crippen LogP) is 5.62. The number of aryl methyl sites for hydroxylation is 2. The van der Waals surface area contributed by atoms with E-state index in [4.69, 9.17) is 0 Å². The van der Waals surface area contributed by atoms with Crippen molar-refractivity contribution in [3.63, 3.8) is 0 Å². The highest BCUT2D eigenvalue weighted by molar-refractivity contribution is 9.10. The van der Waals surface area contributed by atoms with Crippen LogP contribution in [0.3, 0.4) is 0 Å². The molecule has 0 bridgehead atoms. The fourth-order valence-electron chi connectivity index (χ4n) is 2.76. The second-order valence-electron chi connectivity index (χ2n) is 5.10. The standard InChI is InChI=1S/C16H15Br2N/c1-10-6-13(18)9-14(7-10)19-16-5-2-11-8-12(17)3-4-15(11)16/h3-4,6-9,16,19H,2,5H2,1H3. The number of fused-ring (bicyclic) bond motifs is 1. The van der Waals surface area contributed by atoms with Gasteiger partial charge in [-0.1, -0.05) is 37.9 Å². The van der Waals surface area contributed by atoms with E-state index >= 15 is 0 Å². The normalized spacial score (nSPS) is 17.3. The topological polar surface area (TPSA) is 12.0 Å². The molecule has 2 aromatic rings. The molecule has 1 atom stereocenters. The molecule has 0 amide bonds. The molecule has 0 radical (unpaired) electrons. The van der Waals surface area contributed by atoms with E-state index in [2.05, 4.69) is 80.5 Å². The molecule has 1 aliphatic carbocycles. The predicted molar refractivity (Wildman–Crippen MR) is 87.7 cm³/mol. The Morgan fingerprint density at radius 3 is 2.68 bits per heavy atom. The summed E-state index contributed by atoms with van der Waals surface area (Å²) >= 11 is 7.10. The van der Waals surface area contributed by atoms with Gasteiger partial charge in [-0.3, -0.25) is 0 Å². The summed E-state index contributed by atoms with van der Waals surface area (Å²) in [6.45, 7) is 2.12. The lowest BCUT2D eigenvalue weighted by Gasteiger charge is -2.16. The van der Waals surface area contributed by atoms with Crippen LogP contribution in [-0.4, -0.2) is 0 Å². The highest BCUT2D eigenvalue weighted by Crippen LogP contribution is 2.35. The third-order valence-corrected chi connectivity index (χ3v) is 4.52. The molecule has 98 valence electrons. The van der Waals surface area contributed by atoms with E-state index in [1.54, 1.807) is 0 Å². The monoisotopic (exact) mass is 379 g/mol. The van der Waals surface area contributed by atoms with Crippen molar-refractivity contribution in [2.24, 2.45) is 0 Å². The summed E-state index contributed by atoms with van der Waals surface area (Å²) in [6, 6.07) is 13.5. The fraction of sp³-hybridized carbons (Fsp3) is 0.250. The first-order chi connectivity index (χ1) is 9.11. The van der Waals surface area contributed by atoms with Gasteiger partial charge in [0.25, 0.3) is 0 Å². The second kappa shape index (κ2) is 5.29. The number of nitrogens with one attached hydrogen (secondary N) is 1. The van der Waals surface area contributed by atoms with Crippen LogP contribution in [0.1, 0.15) is 29.2 Å². The smallest absolute Gasteiger partial charge is 0.0519 e. The average molecular weight is 381 g/mol. The lowest BCUT2D eigenvalue weighted by Crippen LogP contribution is -2.07. The van der Waals surface area contributed by atoms with Crippen molar-refractivity contribution in [3.05, 3.63) is 62.0 Å². The Morgan fingerprint density at radius 2 is 1.89 bits per heavy atom. The van der Waals surface area contributed by atoms with E-state index in [0.717, 1.165) is 17.3 Å². The first-order valence-electron chi connectivity index (χ1n) is 6.44. The zero-order chi connectivity index (χ0) is 13.4. The molecule has 0 aliphatic heterocycles. The summed E-state index contributed by atoms with van der Waals surface area (Å²) in [7, 11) is 0. The van der Waals surface area contributed by atoms with Gasteiger partial charge in [0.1, 0.15) is 0 Å². The molecule has 0 fully saturated rings. The van der Waals surface area contributed by atoms with Gasteiger partial charge in [-0.2, -0.15) is 0 Å². The Morgan fingerprint density at radius 1 is 1.05 bits per heavy atom. The van der Waals surface area contributed by atoms with Crippen LogP contribution in [0.2, 0.25) is 0 Å². The van der Waals surface area contributed by atoms with Gasteiger partial charge in [-0.25, -0.2) is 0 Å². The zero-order valence-electron chi connectivity index (χ0n) is 10.7. The molecular weight excluding hydrogens is 366 g/mol. The summed E-state index contributed by atoms with van der Waals surface area (Å²) < 4.78 is 2.30. The molecule has 2 aromatic carbocycles. The highest BCUT2D eigenvalue weighted by Gasteiger charge is 2.22. The first kappa shape index (κ1) is 13.2. The number of hydrogen-bond donors (Lipinski definition) is 1. The van der Waals surface area contributed by atoms with Gasteiger partial charge in [-0.05, 0) is 66.8 Å². The van der Waals surface area contributed by atoms with E-state index in [-0.39, 0.29) is 0 Å². The van der Waals surface area contributed by atoms with Crippen LogP contribution in [0.25, 0.3) is 0 Å². The van der Waals surface area contributed by atoms with Gasteiger partial charge in [-0.15, -0.1) is 0 Å². The summed E-state index contributed by atoms with van der Waals surface area (Å²) in [4.78, 5) is 0. The molecule has 1 unspecified atom stereocenters. The van der Waals surface area contributed by atoms with Gasteiger partial charge in [0, 0.05) is 14.6 Å². The van der Waals surface area contributed by atoms with Crippen molar-refractivity contribution in [1.29, 1.82) is 0 Å². The Labute approximate surface area is 130 Å². The van der Waals surface area contributed by atoms with Crippen molar-refractivity contribution in [3.8, 4) is 0 Å². The van der Waals surface area contributed by atoms with Crippen LogP contribution in [-0.2, 0) is 6.42 Å². The lowest BCUT2D eigenvalue weighted by atomic mass is 10.1. The van der Waals surface area contributed by atoms with Crippen molar-refractivity contribution in [2.45, 2.75) is 25.8 Å². The minimum Gasteiger partial charge on any atom is -0.378 e. The van der Waals surface area contributed by atoms with Crippen molar-refractivity contribution in [2.75, 3.05) is 5.32 Å². The van der Waals surface area contributed by atoms with Gasteiger partial charge in [0.05, 0.1) is 6.04 Å². The SMILES string of the molecule is Cc1cc(Br)cc(NC2CCc3cc(Br)ccc32)c1. The zero-order valence-corrected chi connectivity index (χ0v) is 13.9. The molecule has 1 N–H and O–H groups in total. The van der Waals surface area contributed by atoms with E-state index in [0.29, 0.717) is 6.04 Å². The highest BCUT2D eigenvalue weighted by atomic mass is 79.9. The summed E-state index contributed by atoms with van der Waals surface area (Å²) in [5.74, 6) is 0. The maximum atomic E-state index is 3.65. The van der Waals surface area contributed by atoms with E-state index in [1.807, 2.05) is 0 Å². The van der Waals surface area contributed by atoms with Gasteiger partial charge < -0.3 is 5.32 Å². The van der Waals surface area contributed by atoms with E-state index in [1.165, 1.54) is 26.9 Å². The van der Waals surface area contributed by atoms with Crippen molar-refractivity contribution < 1.29 is 0 Å². The molecule has 0 heterocycles. The maximum Gasteiger partial charge on any atom is 0.0519 e. The largest absolute Gasteiger partial charge is 0.378 e. The lowest BCUT2D eigenvalue weighted by molar-refractivity contribution is 0.762. The Hall–Kier alpha value is -0.800. The Kier molecular flexibility index (Phi) is 3.68. The van der Waals surface area contributed by atoms with Crippen molar-refractivity contribution in [1.82, 2.24) is 0 Å². The Balaban J connectivity index is 1.86. The quantitative estimate of drug-likeness (QED) is 0.712. The first-order valence-corrected chi connectivity index (χ1v) is 8.02. The van der Waals surface area contributed by atoms with Crippen LogP contribution >= 0.6 is 31.9 Å². The van der Waals surface area contributed by atoms with E-state index in [9.17, 15) is 0 Å². The molecule has 3 heteroatoms. The molecule has 0 saturated heterocycles. The number of rotatable bonds is 2. The molecule has 0 saturated carbocycles. The summed E-state index contributed by atoms with van der Waals surface area (Å²) in [5, 5.41) is 3.65. The van der Waals surface area contributed by atoms with Crippen LogP contribution in [0.5, 0.6) is 0 Å². The van der Waals surface area contributed by atoms with Crippen LogP contribution < -0.4 is 5.32 Å². The minimum absolute atomic E-state index is 0.428. The van der Waals surface area contributed by atoms with Gasteiger partial charge in [0.2, 0.25) is 0 Å². The number of hydrogen-bond acceptors (Lipinski definition) is 1. The fourth-order valence-corrected chi connectivity index (χ4v) is 3.77. The van der Waals surface area contributed by atoms with Crippen LogP contribution in [0, 0.1) is 6.92 Å². The molecular formula is C16H15Br2N. The third-order valence-electron chi connectivity index (χ3n) is 3.57. The average Bonchev–Trinajstić information content (AvgIpc) is 2.70. The molecule has 0 aromatic heterocycles. The number of halogens is 2. The number of anilines is 1. The van der Waals surface area contributed by atoms with Crippen molar-refractivity contribution >= 4 is 37.5 Å². The molecule has 1 nitrogen and oxygen atoms in total. The Bertz CT molecular complexity index is 602. The molecule has 1 aliphatic rings. The van der Waals surface area contributed by atoms with E-state index < -0.39 is 0 Å². The van der Waals surface area contributed by atoms with Crippen LogP contribution in [0.15, 0.2) is 45.3 Å². The molecule has 19 heavy (non-hydrogen) atoms. The van der Waals surface area contributed by atoms with Crippen LogP contribution in [0.4, 0.5) is 5.69 Å². The maximum absolute atomic E-state index is 3.65. The second-order valence-corrected chi connectivity index (χ2v) is 6.93. The number of benzene rings is 2. The minimum atomic E-state index is 0.428. The molecule has 0 spiro atoms. The third kappa shape index (κ3) is 2.87. The summed E-state index contributed by atoms with van der Waals surface area (Å²) in [6.07, 6.45) is 2.32.